The predicted molar refractivity (Wildman–Crippen MR) is 98.2 cm³/mol. The summed E-state index contributed by atoms with van der Waals surface area (Å²) in [5.74, 6) is 1.32. The molecule has 1 fully saturated rings. The number of carbonyl (C=O) groups excluding carboxylic acids is 1. The van der Waals surface area contributed by atoms with Crippen molar-refractivity contribution >= 4 is 29.0 Å². The summed E-state index contributed by atoms with van der Waals surface area (Å²) in [5, 5.41) is 13.8. The third kappa shape index (κ3) is 3.10. The molecular formula is C18H18ClN5O2. The molecule has 3 aromatic rings. The summed E-state index contributed by atoms with van der Waals surface area (Å²) in [6.45, 7) is 1.51. The molecule has 0 bridgehead atoms. The van der Waals surface area contributed by atoms with Gasteiger partial charge in [0.15, 0.2) is 11.5 Å². The van der Waals surface area contributed by atoms with Gasteiger partial charge in [-0.15, -0.1) is 15.3 Å². The SMILES string of the molecule is COC(=O)C1CCN(c2ccc3nnc(-c4cccc(Cl)c4)n3n2)CC1. The van der Waals surface area contributed by atoms with E-state index < -0.39 is 0 Å². The minimum atomic E-state index is -0.130. The number of anilines is 1. The summed E-state index contributed by atoms with van der Waals surface area (Å²) in [6.07, 6.45) is 1.52. The first kappa shape index (κ1) is 16.8. The molecule has 1 aliphatic rings. The Balaban J connectivity index is 1.62. The van der Waals surface area contributed by atoms with E-state index in [0.717, 1.165) is 37.3 Å². The minimum absolute atomic E-state index is 0.0306. The topological polar surface area (TPSA) is 72.6 Å². The zero-order valence-electron chi connectivity index (χ0n) is 14.3. The molecule has 0 unspecified atom stereocenters. The van der Waals surface area contributed by atoms with Crippen LogP contribution in [0.25, 0.3) is 17.0 Å². The molecule has 1 saturated heterocycles. The van der Waals surface area contributed by atoms with Crippen molar-refractivity contribution in [3.05, 3.63) is 41.4 Å². The third-order valence-corrected chi connectivity index (χ3v) is 4.92. The Bertz CT molecular complexity index is 950. The van der Waals surface area contributed by atoms with Crippen molar-refractivity contribution in [2.75, 3.05) is 25.1 Å². The second kappa shape index (κ2) is 6.92. The summed E-state index contributed by atoms with van der Waals surface area (Å²) < 4.78 is 6.58. The van der Waals surface area contributed by atoms with Crippen LogP contribution in [0, 0.1) is 5.92 Å². The van der Waals surface area contributed by atoms with Gasteiger partial charge >= 0.3 is 5.97 Å². The smallest absolute Gasteiger partial charge is 0.308 e. The highest BCUT2D eigenvalue weighted by molar-refractivity contribution is 6.30. The number of fused-ring (bicyclic) bond motifs is 1. The molecule has 0 amide bonds. The van der Waals surface area contributed by atoms with Crippen molar-refractivity contribution in [1.82, 2.24) is 19.8 Å². The van der Waals surface area contributed by atoms with Crippen LogP contribution in [-0.4, -0.2) is 46.0 Å². The molecule has 4 rings (SSSR count). The van der Waals surface area contributed by atoms with Crippen molar-refractivity contribution in [3.63, 3.8) is 0 Å². The molecule has 1 aliphatic heterocycles. The van der Waals surface area contributed by atoms with E-state index in [1.54, 1.807) is 4.52 Å². The van der Waals surface area contributed by atoms with Gasteiger partial charge in [0.2, 0.25) is 0 Å². The van der Waals surface area contributed by atoms with Crippen LogP contribution >= 0.6 is 11.6 Å². The molecule has 26 heavy (non-hydrogen) atoms. The zero-order chi connectivity index (χ0) is 18.1. The van der Waals surface area contributed by atoms with Gasteiger partial charge in [-0.2, -0.15) is 4.52 Å². The Morgan fingerprint density at radius 2 is 2.00 bits per heavy atom. The maximum Gasteiger partial charge on any atom is 0.308 e. The molecule has 0 N–H and O–H groups in total. The number of ether oxygens (including phenoxy) is 1. The molecule has 8 heteroatoms. The van der Waals surface area contributed by atoms with Gasteiger partial charge in [-0.3, -0.25) is 4.79 Å². The number of carbonyl (C=O) groups is 1. The fourth-order valence-electron chi connectivity index (χ4n) is 3.27. The first-order chi connectivity index (χ1) is 12.7. The van der Waals surface area contributed by atoms with Crippen LogP contribution in [0.5, 0.6) is 0 Å². The molecule has 0 radical (unpaired) electrons. The number of rotatable bonds is 3. The maximum absolute atomic E-state index is 11.7. The second-order valence-electron chi connectivity index (χ2n) is 6.28. The highest BCUT2D eigenvalue weighted by Crippen LogP contribution is 2.25. The Morgan fingerprint density at radius 1 is 1.19 bits per heavy atom. The van der Waals surface area contributed by atoms with Crippen LogP contribution in [0.3, 0.4) is 0 Å². The van der Waals surface area contributed by atoms with Crippen LogP contribution in [0.1, 0.15) is 12.8 Å². The van der Waals surface area contributed by atoms with Gasteiger partial charge < -0.3 is 9.64 Å². The lowest BCUT2D eigenvalue weighted by Crippen LogP contribution is -2.37. The lowest BCUT2D eigenvalue weighted by Gasteiger charge is -2.31. The van der Waals surface area contributed by atoms with E-state index in [0.29, 0.717) is 16.5 Å². The van der Waals surface area contributed by atoms with E-state index in [1.165, 1.54) is 7.11 Å². The Kier molecular flexibility index (Phi) is 4.46. The molecule has 7 nitrogen and oxygen atoms in total. The summed E-state index contributed by atoms with van der Waals surface area (Å²) in [5.41, 5.74) is 1.53. The monoisotopic (exact) mass is 371 g/mol. The van der Waals surface area contributed by atoms with Crippen LogP contribution in [-0.2, 0) is 9.53 Å². The van der Waals surface area contributed by atoms with Gasteiger partial charge in [0, 0.05) is 23.7 Å². The Labute approximate surface area is 155 Å². The molecule has 2 aromatic heterocycles. The van der Waals surface area contributed by atoms with Gasteiger partial charge in [0.05, 0.1) is 13.0 Å². The quantitative estimate of drug-likeness (QED) is 0.659. The standard InChI is InChI=1S/C18H18ClN5O2/c1-26-18(25)12-7-9-23(10-8-12)16-6-5-15-20-21-17(24(15)22-16)13-3-2-4-14(19)11-13/h2-6,11-12H,7-10H2,1H3. The molecule has 0 spiro atoms. The fourth-order valence-corrected chi connectivity index (χ4v) is 3.46. The molecule has 1 aromatic carbocycles. The van der Waals surface area contributed by atoms with Crippen molar-refractivity contribution in [2.45, 2.75) is 12.8 Å². The number of nitrogens with zero attached hydrogens (tertiary/aromatic N) is 5. The van der Waals surface area contributed by atoms with Crippen LogP contribution < -0.4 is 4.90 Å². The molecule has 3 heterocycles. The van der Waals surface area contributed by atoms with Crippen LogP contribution in [0.15, 0.2) is 36.4 Å². The largest absolute Gasteiger partial charge is 0.469 e. The van der Waals surface area contributed by atoms with Gasteiger partial charge in [-0.1, -0.05) is 23.7 Å². The van der Waals surface area contributed by atoms with E-state index in [2.05, 4.69) is 15.1 Å². The summed E-state index contributed by atoms with van der Waals surface area (Å²) in [7, 11) is 1.44. The zero-order valence-corrected chi connectivity index (χ0v) is 15.1. The number of benzene rings is 1. The maximum atomic E-state index is 11.7. The Hall–Kier alpha value is -2.67. The van der Waals surface area contributed by atoms with Gasteiger partial charge in [0.25, 0.3) is 0 Å². The summed E-state index contributed by atoms with van der Waals surface area (Å²) in [6, 6.07) is 11.3. The highest BCUT2D eigenvalue weighted by Gasteiger charge is 2.26. The Morgan fingerprint density at radius 3 is 2.73 bits per heavy atom. The number of piperidine rings is 1. The number of hydrogen-bond acceptors (Lipinski definition) is 6. The van der Waals surface area contributed by atoms with Crippen LogP contribution in [0.2, 0.25) is 5.02 Å². The summed E-state index contributed by atoms with van der Waals surface area (Å²) in [4.78, 5) is 13.9. The molecule has 134 valence electrons. The van der Waals surface area contributed by atoms with Gasteiger partial charge in [0.1, 0.15) is 5.82 Å². The lowest BCUT2D eigenvalue weighted by molar-refractivity contribution is -0.146. The fraction of sp³-hybridized carbons (Fsp3) is 0.333. The van der Waals surface area contributed by atoms with Crippen molar-refractivity contribution in [2.24, 2.45) is 5.92 Å². The van der Waals surface area contributed by atoms with E-state index in [9.17, 15) is 4.79 Å². The first-order valence-corrected chi connectivity index (χ1v) is 8.84. The highest BCUT2D eigenvalue weighted by atomic mass is 35.5. The third-order valence-electron chi connectivity index (χ3n) is 4.69. The molecule has 0 atom stereocenters. The predicted octanol–water partition coefficient (Wildman–Crippen LogP) is 2.83. The summed E-state index contributed by atoms with van der Waals surface area (Å²) >= 11 is 6.09. The van der Waals surface area contributed by atoms with Gasteiger partial charge in [-0.25, -0.2) is 0 Å². The molecule has 0 aliphatic carbocycles. The van der Waals surface area contributed by atoms with Gasteiger partial charge in [-0.05, 0) is 37.1 Å². The number of halogens is 1. The van der Waals surface area contributed by atoms with E-state index in [4.69, 9.17) is 21.4 Å². The number of esters is 1. The van der Waals surface area contributed by atoms with Crippen LogP contribution in [0.4, 0.5) is 5.82 Å². The lowest BCUT2D eigenvalue weighted by atomic mass is 9.97. The second-order valence-corrected chi connectivity index (χ2v) is 6.72. The number of aromatic nitrogens is 4. The average Bonchev–Trinajstić information content (AvgIpc) is 3.10. The molecule has 0 saturated carbocycles. The van der Waals surface area contributed by atoms with E-state index >= 15 is 0 Å². The van der Waals surface area contributed by atoms with Crippen molar-refractivity contribution in [1.29, 1.82) is 0 Å². The van der Waals surface area contributed by atoms with Crippen molar-refractivity contribution < 1.29 is 9.53 Å². The minimum Gasteiger partial charge on any atom is -0.469 e. The number of methoxy groups -OCH3 is 1. The van der Waals surface area contributed by atoms with E-state index in [-0.39, 0.29) is 11.9 Å². The average molecular weight is 372 g/mol. The first-order valence-electron chi connectivity index (χ1n) is 8.47. The molecular weight excluding hydrogens is 354 g/mol. The van der Waals surface area contributed by atoms with Crippen molar-refractivity contribution in [3.8, 4) is 11.4 Å². The normalized spacial score (nSPS) is 15.4. The van der Waals surface area contributed by atoms with E-state index in [1.807, 2.05) is 36.4 Å². The number of hydrogen-bond donors (Lipinski definition) is 0.